The maximum Gasteiger partial charge on any atom is 0.124 e. The molecule has 15 heavy (non-hydrogen) atoms. The van der Waals surface area contributed by atoms with Crippen molar-refractivity contribution in [3.63, 3.8) is 0 Å². The van der Waals surface area contributed by atoms with Crippen molar-refractivity contribution in [1.82, 2.24) is 10.2 Å². The largest absolute Gasteiger partial charge is 0.360 e. The highest BCUT2D eigenvalue weighted by molar-refractivity contribution is 5.85. The van der Waals surface area contributed by atoms with Gasteiger partial charge in [-0.05, 0) is 39.8 Å². The summed E-state index contributed by atoms with van der Waals surface area (Å²) in [4.78, 5) is 2.53. The van der Waals surface area contributed by atoms with Crippen LogP contribution in [-0.2, 0) is 4.74 Å². The van der Waals surface area contributed by atoms with Crippen LogP contribution in [0.4, 0.5) is 0 Å². The van der Waals surface area contributed by atoms with E-state index >= 15 is 0 Å². The van der Waals surface area contributed by atoms with Gasteiger partial charge in [-0.3, -0.25) is 10.2 Å². The van der Waals surface area contributed by atoms with Gasteiger partial charge in [-0.25, -0.2) is 0 Å². The van der Waals surface area contributed by atoms with Crippen LogP contribution in [-0.4, -0.2) is 42.4 Å². The number of nitrogens with zero attached hydrogens (tertiary/aromatic N) is 1. The number of nitrogens with one attached hydrogen (secondary N) is 1. The van der Waals surface area contributed by atoms with Gasteiger partial charge >= 0.3 is 0 Å². The lowest BCUT2D eigenvalue weighted by Crippen LogP contribution is -2.48. The standard InChI is InChI=1S/C11H22N2O.ClH/c1-4-13-7-5-6-9(13)10-12-11(2,3)8-14-10;/h9-10,12H,4-8H2,1-3H3;1H. The average Bonchev–Trinajstić information content (AvgIpc) is 2.70. The third kappa shape index (κ3) is 2.84. The molecule has 2 fully saturated rings. The van der Waals surface area contributed by atoms with Crippen LogP contribution in [0.1, 0.15) is 33.6 Å². The third-order valence-electron chi connectivity index (χ3n) is 3.33. The minimum atomic E-state index is 0. The molecule has 2 aliphatic rings. The molecule has 0 aromatic rings. The summed E-state index contributed by atoms with van der Waals surface area (Å²) in [7, 11) is 0. The zero-order valence-electron chi connectivity index (χ0n) is 9.95. The van der Waals surface area contributed by atoms with E-state index in [0.29, 0.717) is 6.04 Å². The molecule has 3 nitrogen and oxygen atoms in total. The molecule has 2 saturated heterocycles. The minimum absolute atomic E-state index is 0. The number of hydrogen-bond acceptors (Lipinski definition) is 3. The molecule has 2 atom stereocenters. The Morgan fingerprint density at radius 2 is 2.20 bits per heavy atom. The highest BCUT2D eigenvalue weighted by atomic mass is 35.5. The fraction of sp³-hybridized carbons (Fsp3) is 1.00. The molecule has 4 heteroatoms. The molecule has 0 aromatic heterocycles. The molecular weight excluding hydrogens is 212 g/mol. The van der Waals surface area contributed by atoms with Crippen LogP contribution in [0, 0.1) is 0 Å². The Hall–Kier alpha value is 0.170. The van der Waals surface area contributed by atoms with Crippen LogP contribution in [0.5, 0.6) is 0 Å². The van der Waals surface area contributed by atoms with Gasteiger partial charge in [-0.15, -0.1) is 12.4 Å². The zero-order valence-corrected chi connectivity index (χ0v) is 10.8. The van der Waals surface area contributed by atoms with Gasteiger partial charge in [0.25, 0.3) is 0 Å². The summed E-state index contributed by atoms with van der Waals surface area (Å²) in [5, 5.41) is 3.57. The Morgan fingerprint density at radius 1 is 1.47 bits per heavy atom. The first kappa shape index (κ1) is 13.2. The lowest BCUT2D eigenvalue weighted by atomic mass is 10.1. The lowest BCUT2D eigenvalue weighted by Gasteiger charge is -2.28. The molecule has 0 aliphatic carbocycles. The number of rotatable bonds is 2. The number of likely N-dealkylation sites (N-methyl/N-ethyl adjacent to an activating group) is 1. The Bertz CT molecular complexity index is 211. The lowest BCUT2D eigenvalue weighted by molar-refractivity contribution is 0.0327. The van der Waals surface area contributed by atoms with E-state index in [2.05, 4.69) is 31.0 Å². The molecule has 0 aromatic carbocycles. The van der Waals surface area contributed by atoms with E-state index in [-0.39, 0.29) is 24.2 Å². The van der Waals surface area contributed by atoms with Gasteiger partial charge in [-0.1, -0.05) is 6.92 Å². The monoisotopic (exact) mass is 234 g/mol. The summed E-state index contributed by atoms with van der Waals surface area (Å²) >= 11 is 0. The van der Waals surface area contributed by atoms with Crippen molar-refractivity contribution in [3.8, 4) is 0 Å². The second-order valence-electron chi connectivity index (χ2n) is 5.10. The second-order valence-corrected chi connectivity index (χ2v) is 5.10. The van der Waals surface area contributed by atoms with E-state index in [0.717, 1.165) is 13.2 Å². The number of likely N-dealkylation sites (tertiary alicyclic amines) is 1. The fourth-order valence-corrected chi connectivity index (χ4v) is 2.56. The number of ether oxygens (including phenoxy) is 1. The molecule has 0 bridgehead atoms. The van der Waals surface area contributed by atoms with Crippen LogP contribution in [0.2, 0.25) is 0 Å². The van der Waals surface area contributed by atoms with Crippen LogP contribution in [0.15, 0.2) is 0 Å². The molecule has 90 valence electrons. The predicted molar refractivity (Wildman–Crippen MR) is 64.5 cm³/mol. The highest BCUT2D eigenvalue weighted by Gasteiger charge is 2.39. The summed E-state index contributed by atoms with van der Waals surface area (Å²) in [5.74, 6) is 0. The second kappa shape index (κ2) is 5.00. The maximum atomic E-state index is 5.83. The van der Waals surface area contributed by atoms with Crippen molar-refractivity contribution in [2.24, 2.45) is 0 Å². The quantitative estimate of drug-likeness (QED) is 0.786. The Labute approximate surface area is 99.0 Å². The SMILES string of the molecule is CCN1CCCC1C1NC(C)(C)CO1.Cl. The highest BCUT2D eigenvalue weighted by Crippen LogP contribution is 2.25. The molecule has 2 unspecified atom stereocenters. The summed E-state index contributed by atoms with van der Waals surface area (Å²) < 4.78 is 5.83. The van der Waals surface area contributed by atoms with Gasteiger partial charge in [0.05, 0.1) is 6.61 Å². The van der Waals surface area contributed by atoms with E-state index < -0.39 is 0 Å². The van der Waals surface area contributed by atoms with Gasteiger partial charge in [0.15, 0.2) is 0 Å². The van der Waals surface area contributed by atoms with Gasteiger partial charge in [0.2, 0.25) is 0 Å². The molecule has 2 rings (SSSR count). The van der Waals surface area contributed by atoms with Crippen molar-refractivity contribution < 1.29 is 4.74 Å². The third-order valence-corrected chi connectivity index (χ3v) is 3.33. The Kier molecular flexibility index (Phi) is 4.41. The average molecular weight is 235 g/mol. The number of halogens is 1. The van der Waals surface area contributed by atoms with Crippen LogP contribution < -0.4 is 5.32 Å². The topological polar surface area (TPSA) is 24.5 Å². The molecule has 0 amide bonds. The predicted octanol–water partition coefficient (Wildman–Crippen LogP) is 1.62. The van der Waals surface area contributed by atoms with E-state index in [1.54, 1.807) is 0 Å². The van der Waals surface area contributed by atoms with Crippen molar-refractivity contribution in [2.75, 3.05) is 19.7 Å². The van der Waals surface area contributed by atoms with Crippen LogP contribution in [0.3, 0.4) is 0 Å². The van der Waals surface area contributed by atoms with E-state index in [9.17, 15) is 0 Å². The Morgan fingerprint density at radius 3 is 2.73 bits per heavy atom. The van der Waals surface area contributed by atoms with E-state index in [1.165, 1.54) is 19.4 Å². The first-order valence-corrected chi connectivity index (χ1v) is 5.76. The minimum Gasteiger partial charge on any atom is -0.360 e. The van der Waals surface area contributed by atoms with E-state index in [4.69, 9.17) is 4.74 Å². The van der Waals surface area contributed by atoms with Crippen LogP contribution in [0.25, 0.3) is 0 Å². The molecule has 0 radical (unpaired) electrons. The van der Waals surface area contributed by atoms with Crippen LogP contribution >= 0.6 is 12.4 Å². The smallest absolute Gasteiger partial charge is 0.124 e. The summed E-state index contributed by atoms with van der Waals surface area (Å²) in [5.41, 5.74) is 0.159. The molecular formula is C11H23ClN2O. The molecule has 2 heterocycles. The van der Waals surface area contributed by atoms with Gasteiger partial charge in [0, 0.05) is 11.6 Å². The first-order chi connectivity index (χ1) is 6.62. The summed E-state index contributed by atoms with van der Waals surface area (Å²) in [6, 6.07) is 0.599. The summed E-state index contributed by atoms with van der Waals surface area (Å²) in [6.45, 7) is 9.87. The van der Waals surface area contributed by atoms with Gasteiger partial charge in [-0.2, -0.15) is 0 Å². The fourth-order valence-electron chi connectivity index (χ4n) is 2.56. The van der Waals surface area contributed by atoms with Crippen molar-refractivity contribution in [3.05, 3.63) is 0 Å². The van der Waals surface area contributed by atoms with E-state index in [1.807, 2.05) is 0 Å². The molecule has 1 N–H and O–H groups in total. The van der Waals surface area contributed by atoms with Crippen molar-refractivity contribution in [2.45, 2.75) is 51.4 Å². The number of hydrogen-bond donors (Lipinski definition) is 1. The van der Waals surface area contributed by atoms with Gasteiger partial charge in [0.1, 0.15) is 6.23 Å². The molecule has 0 spiro atoms. The molecule has 2 aliphatic heterocycles. The normalized spacial score (nSPS) is 35.4. The Balaban J connectivity index is 0.00000112. The van der Waals surface area contributed by atoms with Crippen molar-refractivity contribution in [1.29, 1.82) is 0 Å². The summed E-state index contributed by atoms with van der Waals surface area (Å²) in [6.07, 6.45) is 2.86. The van der Waals surface area contributed by atoms with Crippen molar-refractivity contribution >= 4 is 12.4 Å². The first-order valence-electron chi connectivity index (χ1n) is 5.76. The maximum absolute atomic E-state index is 5.83. The van der Waals surface area contributed by atoms with Gasteiger partial charge < -0.3 is 4.74 Å². The zero-order chi connectivity index (χ0) is 10.2. The molecule has 0 saturated carbocycles.